The van der Waals surface area contributed by atoms with Crippen molar-refractivity contribution in [2.24, 2.45) is 5.73 Å². The lowest BCUT2D eigenvalue weighted by Crippen LogP contribution is -2.10. The number of fused-ring (bicyclic) bond motifs is 1. The fraction of sp³-hybridized carbons (Fsp3) is 0.333. The van der Waals surface area contributed by atoms with Gasteiger partial charge in [-0.3, -0.25) is 4.79 Å². The molecular formula is C12H15ClN4O. The number of nitrogens with zero attached hydrogens (tertiary/aromatic N) is 2. The van der Waals surface area contributed by atoms with Gasteiger partial charge in [-0.2, -0.15) is 0 Å². The van der Waals surface area contributed by atoms with Crippen molar-refractivity contribution in [2.45, 2.75) is 25.8 Å². The number of imidazole rings is 1. The zero-order valence-corrected chi connectivity index (χ0v) is 10.7. The van der Waals surface area contributed by atoms with Gasteiger partial charge in [-0.25, -0.2) is 4.98 Å². The van der Waals surface area contributed by atoms with Crippen LogP contribution in [0.2, 0.25) is 5.02 Å². The number of hydrogen-bond donors (Lipinski definition) is 2. The van der Waals surface area contributed by atoms with E-state index in [0.29, 0.717) is 29.5 Å². The van der Waals surface area contributed by atoms with Gasteiger partial charge < -0.3 is 16.0 Å². The smallest absolute Gasteiger partial charge is 0.217 e. The maximum Gasteiger partial charge on any atom is 0.217 e. The van der Waals surface area contributed by atoms with Crippen molar-refractivity contribution >= 4 is 34.5 Å². The third-order valence-corrected chi connectivity index (χ3v) is 3.12. The molecule has 2 rings (SSSR count). The summed E-state index contributed by atoms with van der Waals surface area (Å²) in [6.07, 6.45) is 1.97. The van der Waals surface area contributed by atoms with Crippen LogP contribution in [0, 0.1) is 0 Å². The van der Waals surface area contributed by atoms with E-state index in [1.807, 2.05) is 16.7 Å². The molecule has 0 saturated carbocycles. The second-order valence-corrected chi connectivity index (χ2v) is 4.56. The average molecular weight is 267 g/mol. The number of carbonyl (C=O) groups excluding carboxylic acids is 1. The number of nitrogens with two attached hydrogens (primary N) is 2. The number of para-hydroxylation sites is 1. The molecule has 0 unspecified atom stereocenters. The van der Waals surface area contributed by atoms with Crippen LogP contribution < -0.4 is 11.5 Å². The molecule has 4 N–H and O–H groups in total. The summed E-state index contributed by atoms with van der Waals surface area (Å²) in [5.41, 5.74) is 12.6. The van der Waals surface area contributed by atoms with Gasteiger partial charge in [0, 0.05) is 13.0 Å². The largest absolute Gasteiger partial charge is 0.370 e. The van der Waals surface area contributed by atoms with Crippen LogP contribution in [0.4, 0.5) is 5.95 Å². The summed E-state index contributed by atoms with van der Waals surface area (Å²) >= 11 is 6.05. The molecule has 1 aromatic carbocycles. The topological polar surface area (TPSA) is 86.9 Å². The number of hydrogen-bond acceptors (Lipinski definition) is 3. The first-order chi connectivity index (χ1) is 8.59. The van der Waals surface area contributed by atoms with E-state index in [4.69, 9.17) is 23.1 Å². The quantitative estimate of drug-likeness (QED) is 0.811. The summed E-state index contributed by atoms with van der Waals surface area (Å²) in [6.45, 7) is 0.704. The Hall–Kier alpha value is -1.75. The van der Waals surface area contributed by atoms with Crippen LogP contribution in [0.5, 0.6) is 0 Å². The van der Waals surface area contributed by atoms with Gasteiger partial charge in [-0.05, 0) is 25.0 Å². The van der Waals surface area contributed by atoms with E-state index in [9.17, 15) is 4.79 Å². The minimum atomic E-state index is -0.276. The van der Waals surface area contributed by atoms with Crippen LogP contribution in [0.3, 0.4) is 0 Å². The Balaban J connectivity index is 2.15. The predicted octanol–water partition coefficient (Wildman–Crippen LogP) is 1.93. The predicted molar refractivity (Wildman–Crippen MR) is 72.2 cm³/mol. The highest BCUT2D eigenvalue weighted by Crippen LogP contribution is 2.25. The number of anilines is 1. The van der Waals surface area contributed by atoms with Gasteiger partial charge in [-0.15, -0.1) is 0 Å². The van der Waals surface area contributed by atoms with Gasteiger partial charge in [0.05, 0.1) is 10.5 Å². The number of carbonyl (C=O) groups is 1. The summed E-state index contributed by atoms with van der Waals surface area (Å²) in [7, 11) is 0. The minimum absolute atomic E-state index is 0.276. The number of aryl methyl sites for hydroxylation is 1. The van der Waals surface area contributed by atoms with E-state index in [1.165, 1.54) is 0 Å². The lowest BCUT2D eigenvalue weighted by molar-refractivity contribution is -0.118. The molecule has 96 valence electrons. The molecule has 0 radical (unpaired) electrons. The van der Waals surface area contributed by atoms with E-state index in [2.05, 4.69) is 4.98 Å². The fourth-order valence-corrected chi connectivity index (χ4v) is 2.15. The third kappa shape index (κ3) is 2.56. The van der Waals surface area contributed by atoms with Crippen LogP contribution in [0.1, 0.15) is 19.3 Å². The molecule has 0 fully saturated rings. The Kier molecular flexibility index (Phi) is 3.72. The van der Waals surface area contributed by atoms with Gasteiger partial charge in [0.15, 0.2) is 0 Å². The van der Waals surface area contributed by atoms with E-state index in [-0.39, 0.29) is 5.91 Å². The first kappa shape index (κ1) is 12.7. The van der Waals surface area contributed by atoms with Crippen LogP contribution >= 0.6 is 11.6 Å². The Morgan fingerprint density at radius 1 is 1.39 bits per heavy atom. The Morgan fingerprint density at radius 3 is 2.89 bits per heavy atom. The van der Waals surface area contributed by atoms with Gasteiger partial charge in [0.2, 0.25) is 11.9 Å². The van der Waals surface area contributed by atoms with Gasteiger partial charge in [-0.1, -0.05) is 17.7 Å². The molecule has 0 aliphatic heterocycles. The number of nitrogen functional groups attached to an aromatic ring is 1. The molecule has 0 spiro atoms. The molecule has 1 amide bonds. The SMILES string of the molecule is NC(=O)CCCCn1c(N)nc2c(Cl)cccc21. The number of primary amides is 1. The molecule has 0 saturated heterocycles. The molecule has 0 aliphatic carbocycles. The zero-order chi connectivity index (χ0) is 13.1. The van der Waals surface area contributed by atoms with Crippen molar-refractivity contribution in [3.63, 3.8) is 0 Å². The van der Waals surface area contributed by atoms with E-state index >= 15 is 0 Å². The molecule has 0 bridgehead atoms. The Labute approximate surface area is 110 Å². The highest BCUT2D eigenvalue weighted by Gasteiger charge is 2.10. The van der Waals surface area contributed by atoms with Gasteiger partial charge >= 0.3 is 0 Å². The maximum absolute atomic E-state index is 10.6. The number of aromatic nitrogens is 2. The van der Waals surface area contributed by atoms with Crippen molar-refractivity contribution in [1.29, 1.82) is 0 Å². The number of benzene rings is 1. The van der Waals surface area contributed by atoms with E-state index in [1.54, 1.807) is 6.07 Å². The molecule has 6 heteroatoms. The lowest BCUT2D eigenvalue weighted by atomic mass is 10.2. The molecule has 1 heterocycles. The summed E-state index contributed by atoms with van der Waals surface area (Å²) in [4.78, 5) is 14.9. The summed E-state index contributed by atoms with van der Waals surface area (Å²) < 4.78 is 1.90. The molecule has 0 atom stereocenters. The number of unbranched alkanes of at least 4 members (excludes halogenated alkanes) is 1. The van der Waals surface area contributed by atoms with E-state index in [0.717, 1.165) is 18.4 Å². The third-order valence-electron chi connectivity index (χ3n) is 2.81. The monoisotopic (exact) mass is 266 g/mol. The summed E-state index contributed by atoms with van der Waals surface area (Å²) in [5, 5.41) is 0.593. The Bertz CT molecular complexity index is 579. The van der Waals surface area contributed by atoms with Crippen LogP contribution in [-0.4, -0.2) is 15.5 Å². The molecular weight excluding hydrogens is 252 g/mol. The molecule has 5 nitrogen and oxygen atoms in total. The molecule has 0 aliphatic rings. The first-order valence-electron chi connectivity index (χ1n) is 5.78. The van der Waals surface area contributed by atoms with Crippen molar-refractivity contribution < 1.29 is 4.79 Å². The second kappa shape index (κ2) is 5.27. The lowest BCUT2D eigenvalue weighted by Gasteiger charge is -2.05. The zero-order valence-electron chi connectivity index (χ0n) is 9.90. The van der Waals surface area contributed by atoms with Crippen molar-refractivity contribution in [3.8, 4) is 0 Å². The van der Waals surface area contributed by atoms with Gasteiger partial charge in [0.25, 0.3) is 0 Å². The van der Waals surface area contributed by atoms with Crippen molar-refractivity contribution in [3.05, 3.63) is 23.2 Å². The van der Waals surface area contributed by atoms with Crippen LogP contribution in [0.15, 0.2) is 18.2 Å². The second-order valence-electron chi connectivity index (χ2n) is 4.15. The maximum atomic E-state index is 10.6. The van der Waals surface area contributed by atoms with Crippen molar-refractivity contribution in [1.82, 2.24) is 9.55 Å². The first-order valence-corrected chi connectivity index (χ1v) is 6.16. The summed E-state index contributed by atoms with van der Waals surface area (Å²) in [5.74, 6) is 0.165. The number of rotatable bonds is 5. The molecule has 18 heavy (non-hydrogen) atoms. The standard InChI is InChI=1S/C12H15ClN4O/c13-8-4-3-5-9-11(8)16-12(15)17(9)7-2-1-6-10(14)18/h3-5H,1-2,6-7H2,(H2,14,18)(H2,15,16). The fourth-order valence-electron chi connectivity index (χ4n) is 1.93. The van der Waals surface area contributed by atoms with Crippen LogP contribution in [-0.2, 0) is 11.3 Å². The van der Waals surface area contributed by atoms with Crippen molar-refractivity contribution in [2.75, 3.05) is 5.73 Å². The van der Waals surface area contributed by atoms with Crippen LogP contribution in [0.25, 0.3) is 11.0 Å². The average Bonchev–Trinajstić information content (AvgIpc) is 2.63. The van der Waals surface area contributed by atoms with Gasteiger partial charge in [0.1, 0.15) is 5.52 Å². The minimum Gasteiger partial charge on any atom is -0.370 e. The number of amides is 1. The highest BCUT2D eigenvalue weighted by atomic mass is 35.5. The van der Waals surface area contributed by atoms with E-state index < -0.39 is 0 Å². The molecule has 2 aromatic rings. The normalized spacial score (nSPS) is 10.9. The Morgan fingerprint density at radius 2 is 2.17 bits per heavy atom. The highest BCUT2D eigenvalue weighted by molar-refractivity contribution is 6.35. The molecule has 1 aromatic heterocycles. The summed E-state index contributed by atoms with van der Waals surface area (Å²) in [6, 6.07) is 5.58. The number of halogens is 1.